The highest BCUT2D eigenvalue weighted by molar-refractivity contribution is 5.80. The average Bonchev–Trinajstić information content (AvgIpc) is 2.21. The molecule has 1 unspecified atom stereocenters. The Morgan fingerprint density at radius 2 is 2.07 bits per heavy atom. The van der Waals surface area contributed by atoms with Crippen LogP contribution in [-0.2, 0) is 14.3 Å². The van der Waals surface area contributed by atoms with E-state index in [-0.39, 0.29) is 5.91 Å². The van der Waals surface area contributed by atoms with Crippen LogP contribution in [0, 0.1) is 0 Å². The molecular weight excluding hydrogens is 196 g/mol. The molecule has 3 N–H and O–H groups in total. The average molecular weight is 218 g/mol. The Morgan fingerprint density at radius 1 is 1.33 bits per heavy atom. The Labute approximate surface area is 91.3 Å². The van der Waals surface area contributed by atoms with Gasteiger partial charge in [-0.3, -0.25) is 4.79 Å². The Bertz CT molecular complexity index is 163. The number of nitrogens with two attached hydrogens (primary N) is 1. The van der Waals surface area contributed by atoms with Gasteiger partial charge in [-0.1, -0.05) is 0 Å². The molecule has 0 aromatic carbocycles. The first-order valence-corrected chi connectivity index (χ1v) is 5.28. The van der Waals surface area contributed by atoms with Crippen molar-refractivity contribution in [3.8, 4) is 0 Å². The number of amides is 1. The lowest BCUT2D eigenvalue weighted by Crippen LogP contribution is -2.38. The van der Waals surface area contributed by atoms with E-state index in [1.54, 1.807) is 14.0 Å². The molecule has 0 saturated heterocycles. The van der Waals surface area contributed by atoms with E-state index < -0.39 is 6.04 Å². The summed E-state index contributed by atoms with van der Waals surface area (Å²) in [5, 5.41) is 2.74. The van der Waals surface area contributed by atoms with Gasteiger partial charge in [0.25, 0.3) is 0 Å². The van der Waals surface area contributed by atoms with Crippen LogP contribution in [0.2, 0.25) is 0 Å². The molecule has 0 aliphatic heterocycles. The van der Waals surface area contributed by atoms with Gasteiger partial charge in [-0.2, -0.15) is 0 Å². The molecule has 0 bridgehead atoms. The maximum absolute atomic E-state index is 11.0. The number of rotatable bonds is 9. The minimum Gasteiger partial charge on any atom is -0.382 e. The van der Waals surface area contributed by atoms with E-state index in [1.165, 1.54) is 0 Å². The van der Waals surface area contributed by atoms with Crippen LogP contribution in [0.3, 0.4) is 0 Å². The predicted octanol–water partition coefficient (Wildman–Crippen LogP) is -0.107. The highest BCUT2D eigenvalue weighted by Gasteiger charge is 2.04. The van der Waals surface area contributed by atoms with Gasteiger partial charge in [-0.05, 0) is 19.8 Å². The molecule has 0 saturated carbocycles. The van der Waals surface area contributed by atoms with E-state index in [1.807, 2.05) is 0 Å². The van der Waals surface area contributed by atoms with Gasteiger partial charge in [-0.25, -0.2) is 0 Å². The van der Waals surface area contributed by atoms with Crippen LogP contribution in [0.1, 0.15) is 19.8 Å². The summed E-state index contributed by atoms with van der Waals surface area (Å²) in [6.45, 7) is 4.29. The Hall–Kier alpha value is -0.650. The molecule has 0 fully saturated rings. The summed E-state index contributed by atoms with van der Waals surface area (Å²) < 4.78 is 10.1. The summed E-state index contributed by atoms with van der Waals surface area (Å²) in [4.78, 5) is 11.0. The van der Waals surface area contributed by atoms with Crippen molar-refractivity contribution >= 4 is 5.91 Å². The number of nitrogens with one attached hydrogen (secondary N) is 1. The molecule has 1 amide bonds. The molecule has 0 aliphatic carbocycles. The third-order valence-electron chi connectivity index (χ3n) is 1.86. The van der Waals surface area contributed by atoms with Gasteiger partial charge in [0, 0.05) is 20.3 Å². The second-order valence-corrected chi connectivity index (χ2v) is 3.39. The molecule has 5 nitrogen and oxygen atoms in total. The molecule has 0 aromatic rings. The van der Waals surface area contributed by atoms with Crippen molar-refractivity contribution in [3.05, 3.63) is 0 Å². The summed E-state index contributed by atoms with van der Waals surface area (Å²) in [5.41, 5.74) is 5.38. The standard InChI is InChI=1S/C10H22N2O3/c1-9(11)10(13)12-5-3-4-6-15-8-7-14-2/h9H,3-8,11H2,1-2H3,(H,12,13). The maximum atomic E-state index is 11.0. The van der Waals surface area contributed by atoms with Gasteiger partial charge in [0.05, 0.1) is 19.3 Å². The number of methoxy groups -OCH3 is 1. The van der Waals surface area contributed by atoms with E-state index in [9.17, 15) is 4.79 Å². The number of carbonyl (C=O) groups is 1. The zero-order valence-electron chi connectivity index (χ0n) is 9.62. The zero-order chi connectivity index (χ0) is 11.5. The summed E-state index contributed by atoms with van der Waals surface area (Å²) >= 11 is 0. The molecule has 0 aromatic heterocycles. The van der Waals surface area contributed by atoms with E-state index in [4.69, 9.17) is 15.2 Å². The third-order valence-corrected chi connectivity index (χ3v) is 1.86. The van der Waals surface area contributed by atoms with Crippen LogP contribution in [-0.4, -0.2) is 45.4 Å². The highest BCUT2D eigenvalue weighted by atomic mass is 16.5. The van der Waals surface area contributed by atoms with Gasteiger partial charge in [0.15, 0.2) is 0 Å². The van der Waals surface area contributed by atoms with Crippen LogP contribution >= 0.6 is 0 Å². The maximum Gasteiger partial charge on any atom is 0.236 e. The first-order valence-electron chi connectivity index (χ1n) is 5.28. The smallest absolute Gasteiger partial charge is 0.236 e. The number of hydrogen-bond donors (Lipinski definition) is 2. The minimum absolute atomic E-state index is 0.102. The second-order valence-electron chi connectivity index (χ2n) is 3.39. The van der Waals surface area contributed by atoms with Gasteiger partial charge in [0.2, 0.25) is 5.91 Å². The fourth-order valence-corrected chi connectivity index (χ4v) is 0.946. The van der Waals surface area contributed by atoms with E-state index in [2.05, 4.69) is 5.32 Å². The highest BCUT2D eigenvalue weighted by Crippen LogP contribution is 1.89. The van der Waals surface area contributed by atoms with Crippen molar-refractivity contribution in [1.29, 1.82) is 0 Å². The van der Waals surface area contributed by atoms with Crippen LogP contribution in [0.5, 0.6) is 0 Å². The van der Waals surface area contributed by atoms with Crippen molar-refractivity contribution in [2.75, 3.05) is 33.5 Å². The molecule has 0 heterocycles. The Morgan fingerprint density at radius 3 is 2.67 bits per heavy atom. The van der Waals surface area contributed by atoms with Crippen molar-refractivity contribution < 1.29 is 14.3 Å². The SMILES string of the molecule is COCCOCCCCNC(=O)C(C)N. The van der Waals surface area contributed by atoms with Crippen molar-refractivity contribution in [2.24, 2.45) is 5.73 Å². The lowest BCUT2D eigenvalue weighted by atomic mass is 10.3. The third kappa shape index (κ3) is 9.65. The molecule has 0 radical (unpaired) electrons. The van der Waals surface area contributed by atoms with Gasteiger partial charge >= 0.3 is 0 Å². The van der Waals surface area contributed by atoms with Crippen LogP contribution in [0.15, 0.2) is 0 Å². The molecular formula is C10H22N2O3. The molecule has 90 valence electrons. The Kier molecular flexibility index (Phi) is 9.46. The van der Waals surface area contributed by atoms with Gasteiger partial charge in [0.1, 0.15) is 0 Å². The largest absolute Gasteiger partial charge is 0.382 e. The zero-order valence-corrected chi connectivity index (χ0v) is 9.62. The van der Waals surface area contributed by atoms with Crippen molar-refractivity contribution in [3.63, 3.8) is 0 Å². The van der Waals surface area contributed by atoms with Gasteiger partial charge < -0.3 is 20.5 Å². The summed E-state index contributed by atoms with van der Waals surface area (Å²) in [6.07, 6.45) is 1.84. The Balaban J connectivity index is 3.08. The molecule has 0 aliphatic rings. The fourth-order valence-electron chi connectivity index (χ4n) is 0.946. The number of hydrogen-bond acceptors (Lipinski definition) is 4. The minimum atomic E-state index is -0.428. The first kappa shape index (κ1) is 14.3. The van der Waals surface area contributed by atoms with Crippen LogP contribution < -0.4 is 11.1 Å². The number of carbonyl (C=O) groups excluding carboxylic acids is 1. The summed E-state index contributed by atoms with van der Waals surface area (Å²) in [7, 11) is 1.65. The van der Waals surface area contributed by atoms with Gasteiger partial charge in [-0.15, -0.1) is 0 Å². The first-order chi connectivity index (χ1) is 7.18. The lowest BCUT2D eigenvalue weighted by molar-refractivity contribution is -0.121. The number of ether oxygens (including phenoxy) is 2. The molecule has 1 atom stereocenters. The van der Waals surface area contributed by atoms with Crippen LogP contribution in [0.4, 0.5) is 0 Å². The molecule has 15 heavy (non-hydrogen) atoms. The van der Waals surface area contributed by atoms with E-state index in [0.717, 1.165) is 12.8 Å². The number of unbranched alkanes of at least 4 members (excludes halogenated alkanes) is 1. The topological polar surface area (TPSA) is 73.6 Å². The van der Waals surface area contributed by atoms with Crippen molar-refractivity contribution in [1.82, 2.24) is 5.32 Å². The quantitative estimate of drug-likeness (QED) is 0.530. The molecule has 0 rings (SSSR count). The van der Waals surface area contributed by atoms with Crippen molar-refractivity contribution in [2.45, 2.75) is 25.8 Å². The van der Waals surface area contributed by atoms with E-state index in [0.29, 0.717) is 26.4 Å². The predicted molar refractivity (Wildman–Crippen MR) is 58.6 cm³/mol. The van der Waals surface area contributed by atoms with E-state index >= 15 is 0 Å². The van der Waals surface area contributed by atoms with Crippen LogP contribution in [0.25, 0.3) is 0 Å². The molecule has 0 spiro atoms. The monoisotopic (exact) mass is 218 g/mol. The second kappa shape index (κ2) is 9.89. The summed E-state index contributed by atoms with van der Waals surface area (Å²) in [5.74, 6) is -0.102. The lowest BCUT2D eigenvalue weighted by Gasteiger charge is -2.07. The fraction of sp³-hybridized carbons (Fsp3) is 0.900. The summed E-state index contributed by atoms with van der Waals surface area (Å²) in [6, 6.07) is -0.428. The normalized spacial score (nSPS) is 12.5. The molecule has 5 heteroatoms.